The molecular weight excluding hydrogens is 300 g/mol. The highest BCUT2D eigenvalue weighted by atomic mass is 16.5. The molecule has 0 radical (unpaired) electrons. The predicted molar refractivity (Wildman–Crippen MR) is 95.1 cm³/mol. The summed E-state index contributed by atoms with van der Waals surface area (Å²) < 4.78 is 6.15. The van der Waals surface area contributed by atoms with Gasteiger partial charge in [0.25, 0.3) is 0 Å². The SMILES string of the molecule is Oc1ccc(OC(=C2CCC2)c2ccc3cc(O)ccc3c2)cc1. The lowest BCUT2D eigenvalue weighted by molar-refractivity contribution is 0.468. The maximum absolute atomic E-state index is 9.61. The van der Waals surface area contributed by atoms with Crippen molar-refractivity contribution in [2.24, 2.45) is 0 Å². The monoisotopic (exact) mass is 318 g/mol. The van der Waals surface area contributed by atoms with Crippen molar-refractivity contribution < 1.29 is 14.9 Å². The first-order valence-corrected chi connectivity index (χ1v) is 8.11. The van der Waals surface area contributed by atoms with Crippen LogP contribution in [0.3, 0.4) is 0 Å². The van der Waals surface area contributed by atoms with E-state index in [2.05, 4.69) is 6.07 Å². The third kappa shape index (κ3) is 2.81. The Morgan fingerprint density at radius 3 is 2.12 bits per heavy atom. The number of hydrogen-bond donors (Lipinski definition) is 2. The highest BCUT2D eigenvalue weighted by Gasteiger charge is 2.18. The fourth-order valence-electron chi connectivity index (χ4n) is 2.92. The maximum atomic E-state index is 9.61. The molecule has 0 unspecified atom stereocenters. The van der Waals surface area contributed by atoms with E-state index >= 15 is 0 Å². The average Bonchev–Trinajstić information content (AvgIpc) is 2.54. The van der Waals surface area contributed by atoms with Crippen molar-refractivity contribution in [3.05, 3.63) is 71.8 Å². The minimum absolute atomic E-state index is 0.228. The van der Waals surface area contributed by atoms with E-state index in [9.17, 15) is 10.2 Å². The second-order valence-electron chi connectivity index (χ2n) is 6.13. The summed E-state index contributed by atoms with van der Waals surface area (Å²) in [5, 5.41) is 21.1. The number of phenolic OH excluding ortho intramolecular Hbond substituents is 2. The molecule has 1 saturated carbocycles. The van der Waals surface area contributed by atoms with Crippen molar-refractivity contribution in [1.29, 1.82) is 0 Å². The van der Waals surface area contributed by atoms with Gasteiger partial charge in [-0.25, -0.2) is 0 Å². The summed E-state index contributed by atoms with van der Waals surface area (Å²) in [5.74, 6) is 2.12. The second kappa shape index (κ2) is 5.93. The molecule has 4 rings (SSSR count). The van der Waals surface area contributed by atoms with Crippen LogP contribution in [-0.2, 0) is 0 Å². The third-order valence-electron chi connectivity index (χ3n) is 4.42. The van der Waals surface area contributed by atoms with Crippen molar-refractivity contribution in [2.45, 2.75) is 19.3 Å². The van der Waals surface area contributed by atoms with Crippen LogP contribution in [-0.4, -0.2) is 10.2 Å². The molecule has 1 aliphatic carbocycles. The smallest absolute Gasteiger partial charge is 0.133 e. The molecule has 3 aromatic rings. The number of aromatic hydroxyl groups is 2. The number of fused-ring (bicyclic) bond motifs is 1. The first kappa shape index (κ1) is 14.6. The van der Waals surface area contributed by atoms with Crippen LogP contribution in [0.1, 0.15) is 24.8 Å². The highest BCUT2D eigenvalue weighted by molar-refractivity contribution is 5.87. The predicted octanol–water partition coefficient (Wildman–Crippen LogP) is 5.23. The molecule has 120 valence electrons. The van der Waals surface area contributed by atoms with Crippen LogP contribution in [0.25, 0.3) is 16.5 Å². The largest absolute Gasteiger partial charge is 0.508 e. The second-order valence-corrected chi connectivity index (χ2v) is 6.13. The standard InChI is InChI=1S/C21H18O3/c22-18-8-10-20(11-9-18)24-21(14-2-1-3-14)17-5-4-16-13-19(23)7-6-15(16)12-17/h4-13,22-23H,1-3H2. The molecule has 1 fully saturated rings. The van der Waals surface area contributed by atoms with Gasteiger partial charge in [0.1, 0.15) is 23.0 Å². The normalized spacial score (nSPS) is 13.6. The lowest BCUT2D eigenvalue weighted by Crippen LogP contribution is -2.06. The van der Waals surface area contributed by atoms with Gasteiger partial charge in [-0.15, -0.1) is 0 Å². The van der Waals surface area contributed by atoms with Crippen LogP contribution in [0, 0.1) is 0 Å². The van der Waals surface area contributed by atoms with Gasteiger partial charge in [0.05, 0.1) is 0 Å². The highest BCUT2D eigenvalue weighted by Crippen LogP contribution is 2.36. The maximum Gasteiger partial charge on any atom is 0.133 e. The van der Waals surface area contributed by atoms with E-state index in [1.165, 1.54) is 12.0 Å². The summed E-state index contributed by atoms with van der Waals surface area (Å²) in [6.07, 6.45) is 3.31. The Hall–Kier alpha value is -2.94. The molecule has 1 aliphatic rings. The van der Waals surface area contributed by atoms with Gasteiger partial charge in [-0.2, -0.15) is 0 Å². The molecule has 0 aromatic heterocycles. The average molecular weight is 318 g/mol. The topological polar surface area (TPSA) is 49.7 Å². The molecule has 0 spiro atoms. The molecule has 24 heavy (non-hydrogen) atoms. The van der Waals surface area contributed by atoms with E-state index in [0.29, 0.717) is 5.75 Å². The van der Waals surface area contributed by atoms with Gasteiger partial charge in [0.2, 0.25) is 0 Å². The van der Waals surface area contributed by atoms with Gasteiger partial charge >= 0.3 is 0 Å². The van der Waals surface area contributed by atoms with E-state index in [4.69, 9.17) is 4.74 Å². The summed E-state index contributed by atoms with van der Waals surface area (Å²) in [7, 11) is 0. The van der Waals surface area contributed by atoms with Crippen LogP contribution in [0.4, 0.5) is 0 Å². The lowest BCUT2D eigenvalue weighted by Gasteiger charge is -2.22. The van der Waals surface area contributed by atoms with Crippen LogP contribution >= 0.6 is 0 Å². The summed E-state index contributed by atoms with van der Waals surface area (Å²) in [5.41, 5.74) is 2.36. The van der Waals surface area contributed by atoms with Crippen molar-refractivity contribution >= 4 is 16.5 Å². The third-order valence-corrected chi connectivity index (χ3v) is 4.42. The fraction of sp³-hybridized carbons (Fsp3) is 0.143. The van der Waals surface area contributed by atoms with Gasteiger partial charge in [-0.05, 0) is 78.1 Å². The van der Waals surface area contributed by atoms with Crippen molar-refractivity contribution in [2.75, 3.05) is 0 Å². The Morgan fingerprint density at radius 1 is 0.750 bits per heavy atom. The summed E-state index contributed by atoms with van der Waals surface area (Å²) in [6, 6.07) is 18.3. The van der Waals surface area contributed by atoms with Gasteiger partial charge in [-0.1, -0.05) is 18.2 Å². The number of ether oxygens (including phenoxy) is 1. The Labute approximate surface area is 140 Å². The zero-order chi connectivity index (χ0) is 16.5. The molecule has 3 nitrogen and oxygen atoms in total. The number of phenols is 2. The molecule has 3 heteroatoms. The molecule has 0 saturated heterocycles. The van der Waals surface area contributed by atoms with Gasteiger partial charge in [0.15, 0.2) is 0 Å². The van der Waals surface area contributed by atoms with Crippen LogP contribution in [0.15, 0.2) is 66.2 Å². The molecule has 0 amide bonds. The van der Waals surface area contributed by atoms with E-state index < -0.39 is 0 Å². The van der Waals surface area contributed by atoms with Gasteiger partial charge in [0, 0.05) is 5.56 Å². The number of allylic oxidation sites excluding steroid dienone is 1. The lowest BCUT2D eigenvalue weighted by atomic mass is 9.89. The fourth-order valence-corrected chi connectivity index (χ4v) is 2.92. The molecule has 0 atom stereocenters. The van der Waals surface area contributed by atoms with E-state index in [0.717, 1.165) is 34.9 Å². The Bertz CT molecular complexity index is 917. The van der Waals surface area contributed by atoms with Gasteiger partial charge < -0.3 is 14.9 Å². The first-order valence-electron chi connectivity index (χ1n) is 8.11. The number of rotatable bonds is 3. The summed E-state index contributed by atoms with van der Waals surface area (Å²) in [4.78, 5) is 0. The first-order chi connectivity index (χ1) is 11.7. The van der Waals surface area contributed by atoms with Crippen molar-refractivity contribution in [1.82, 2.24) is 0 Å². The minimum Gasteiger partial charge on any atom is -0.508 e. The molecule has 0 heterocycles. The Kier molecular flexibility index (Phi) is 3.62. The molecule has 0 bridgehead atoms. The Balaban J connectivity index is 1.74. The van der Waals surface area contributed by atoms with E-state index in [1.807, 2.05) is 18.2 Å². The van der Waals surface area contributed by atoms with Crippen LogP contribution in [0.5, 0.6) is 17.2 Å². The number of hydrogen-bond acceptors (Lipinski definition) is 3. The molecule has 2 N–H and O–H groups in total. The molecule has 0 aliphatic heterocycles. The Morgan fingerprint density at radius 2 is 1.42 bits per heavy atom. The summed E-state index contributed by atoms with van der Waals surface area (Å²) in [6.45, 7) is 0. The van der Waals surface area contributed by atoms with E-state index in [1.54, 1.807) is 36.4 Å². The molecule has 3 aromatic carbocycles. The zero-order valence-corrected chi connectivity index (χ0v) is 13.2. The minimum atomic E-state index is 0.228. The quantitative estimate of drug-likeness (QED) is 0.650. The molecular formula is C21H18O3. The summed E-state index contributed by atoms with van der Waals surface area (Å²) >= 11 is 0. The van der Waals surface area contributed by atoms with Crippen molar-refractivity contribution in [3.63, 3.8) is 0 Å². The zero-order valence-electron chi connectivity index (χ0n) is 13.2. The van der Waals surface area contributed by atoms with Crippen molar-refractivity contribution in [3.8, 4) is 17.2 Å². The van der Waals surface area contributed by atoms with Crippen LogP contribution < -0.4 is 4.74 Å². The van der Waals surface area contributed by atoms with Crippen LogP contribution in [0.2, 0.25) is 0 Å². The number of benzene rings is 3. The van der Waals surface area contributed by atoms with E-state index in [-0.39, 0.29) is 11.5 Å². The van der Waals surface area contributed by atoms with Gasteiger partial charge in [-0.3, -0.25) is 0 Å².